The molecular formula is C22H42Ca2O3. The maximum atomic E-state index is 11.6. The van der Waals surface area contributed by atoms with Gasteiger partial charge < -0.3 is 10.4 Å². The summed E-state index contributed by atoms with van der Waals surface area (Å²) >= 11 is 0. The van der Waals surface area contributed by atoms with Gasteiger partial charge in [0.1, 0.15) is 0 Å². The summed E-state index contributed by atoms with van der Waals surface area (Å²) in [4.78, 5) is 23.2. The molecule has 27 heavy (non-hydrogen) atoms. The zero-order chi connectivity index (χ0) is 18.6. The molecule has 5 heteroatoms. The van der Waals surface area contributed by atoms with Crippen LogP contribution in [0.1, 0.15) is 108 Å². The van der Waals surface area contributed by atoms with Crippen LogP contribution in [0.2, 0.25) is 0 Å². The first kappa shape index (κ1) is 32.8. The molecule has 0 aromatic carbocycles. The Balaban J connectivity index is -0.000000192. The molecule has 0 aliphatic rings. The number of ether oxygens (including phenoxy) is 1. The summed E-state index contributed by atoms with van der Waals surface area (Å²) in [5.74, 6) is -0.720. The fraction of sp³-hybridized carbons (Fsp3) is 0.727. The predicted molar refractivity (Wildman–Crippen MR) is 121 cm³/mol. The molecule has 0 radical (unpaired) electrons. The molecule has 0 rings (SSSR count). The third-order valence-corrected chi connectivity index (χ3v) is 4.31. The molecule has 0 aliphatic carbocycles. The van der Waals surface area contributed by atoms with Crippen molar-refractivity contribution in [1.29, 1.82) is 0 Å². The van der Waals surface area contributed by atoms with Gasteiger partial charge in [-0.15, -0.1) is 13.2 Å². The molecule has 0 bridgehead atoms. The van der Waals surface area contributed by atoms with Crippen LogP contribution in [0.4, 0.5) is 0 Å². The van der Waals surface area contributed by atoms with Gasteiger partial charge >= 0.3 is 87.4 Å². The number of esters is 2. The van der Waals surface area contributed by atoms with Crippen molar-refractivity contribution in [3.05, 3.63) is 25.3 Å². The molecule has 0 atom stereocenters. The summed E-state index contributed by atoms with van der Waals surface area (Å²) in [6.45, 7) is 7.42. The van der Waals surface area contributed by atoms with Crippen LogP contribution < -0.4 is 0 Å². The molecule has 0 N–H and O–H groups in total. The number of allylic oxidation sites excluding steroid dienone is 2. The van der Waals surface area contributed by atoms with Crippen LogP contribution in [0.25, 0.3) is 0 Å². The van der Waals surface area contributed by atoms with E-state index in [9.17, 15) is 9.59 Å². The van der Waals surface area contributed by atoms with E-state index >= 15 is 0 Å². The van der Waals surface area contributed by atoms with Gasteiger partial charge in [-0.05, 0) is 38.5 Å². The summed E-state index contributed by atoms with van der Waals surface area (Å²) in [6.07, 6.45) is 20.1. The topological polar surface area (TPSA) is 43.4 Å². The van der Waals surface area contributed by atoms with E-state index < -0.39 is 0 Å². The molecule has 0 aromatic rings. The minimum Gasteiger partial charge on any atom is -1.00 e. The van der Waals surface area contributed by atoms with E-state index in [-0.39, 0.29) is 93.1 Å². The number of carbonyl (C=O) groups is 2. The number of carbonyl (C=O) groups excluding carboxylic acids is 2. The van der Waals surface area contributed by atoms with Gasteiger partial charge in [-0.25, -0.2) is 0 Å². The molecule has 0 heterocycles. The van der Waals surface area contributed by atoms with Gasteiger partial charge in [-0.3, -0.25) is 9.59 Å². The first-order valence-electron chi connectivity index (χ1n) is 10.2. The van der Waals surface area contributed by atoms with Gasteiger partial charge in [0.05, 0.1) is 0 Å². The maximum absolute atomic E-state index is 11.6. The number of hydrogen-bond donors (Lipinski definition) is 0. The first-order chi connectivity index (χ1) is 12.2. The largest absolute Gasteiger partial charge is 2.00 e. The van der Waals surface area contributed by atoms with E-state index in [1.807, 2.05) is 12.2 Å². The minimum absolute atomic E-state index is 0. The van der Waals surface area contributed by atoms with Crippen molar-refractivity contribution < 1.29 is 20.0 Å². The maximum Gasteiger partial charge on any atom is 2.00 e. The average Bonchev–Trinajstić information content (AvgIpc) is 2.59. The average molecular weight is 435 g/mol. The number of hydrogen-bond acceptors (Lipinski definition) is 3. The molecule has 0 unspecified atom stereocenters. The molecule has 0 aromatic heterocycles. The molecule has 0 saturated carbocycles. The Kier molecular flexibility index (Phi) is 33.0. The van der Waals surface area contributed by atoms with Crippen LogP contribution in [0, 0.1) is 0 Å². The van der Waals surface area contributed by atoms with Gasteiger partial charge in [0.25, 0.3) is 0 Å². The number of unbranched alkanes of at least 4 members (excludes halogenated alkanes) is 12. The zero-order valence-corrected chi connectivity index (χ0v) is 21.9. The fourth-order valence-electron chi connectivity index (χ4n) is 2.76. The third kappa shape index (κ3) is 27.1. The summed E-state index contributed by atoms with van der Waals surface area (Å²) in [5.41, 5.74) is 0. The Morgan fingerprint density at radius 2 is 0.889 bits per heavy atom. The molecule has 0 saturated heterocycles. The summed E-state index contributed by atoms with van der Waals surface area (Å²) in [7, 11) is 0. The predicted octanol–water partition coefficient (Wildman–Crippen LogP) is 6.36. The Morgan fingerprint density at radius 1 is 0.593 bits per heavy atom. The molecule has 152 valence electrons. The standard InChI is InChI=1S/C22H38O3.2Ca.4H/c1-3-5-7-9-11-13-15-17-19-21(23)25-22(24)20-18-16-14-12-10-8-6-4-2;;;;;;/h3-4H,1-2,5-20H2;;;;;;/q;2*+2;4*-1. The molecule has 0 amide bonds. The van der Waals surface area contributed by atoms with Crippen molar-refractivity contribution in [2.45, 2.75) is 103 Å². The fourth-order valence-corrected chi connectivity index (χ4v) is 2.76. The van der Waals surface area contributed by atoms with Gasteiger partial charge in [0.2, 0.25) is 0 Å². The Hall–Kier alpha value is 1.14. The van der Waals surface area contributed by atoms with Crippen LogP contribution in [0.15, 0.2) is 25.3 Å². The van der Waals surface area contributed by atoms with Crippen LogP contribution in [-0.4, -0.2) is 87.4 Å². The molecule has 0 spiro atoms. The molecule has 3 nitrogen and oxygen atoms in total. The second kappa shape index (κ2) is 27.1. The van der Waals surface area contributed by atoms with E-state index in [0.29, 0.717) is 12.8 Å². The Bertz CT molecular complexity index is 354. The van der Waals surface area contributed by atoms with E-state index in [1.54, 1.807) is 0 Å². The van der Waals surface area contributed by atoms with Crippen LogP contribution in [0.3, 0.4) is 0 Å². The second-order valence-corrected chi connectivity index (χ2v) is 6.74. The summed E-state index contributed by atoms with van der Waals surface area (Å²) in [5, 5.41) is 0. The van der Waals surface area contributed by atoms with Crippen molar-refractivity contribution in [3.8, 4) is 0 Å². The normalized spacial score (nSPS) is 9.63. The van der Waals surface area contributed by atoms with E-state index in [4.69, 9.17) is 4.74 Å². The van der Waals surface area contributed by atoms with E-state index in [2.05, 4.69) is 13.2 Å². The van der Waals surface area contributed by atoms with Crippen molar-refractivity contribution in [1.82, 2.24) is 0 Å². The van der Waals surface area contributed by atoms with Crippen LogP contribution in [0.5, 0.6) is 0 Å². The third-order valence-electron chi connectivity index (χ3n) is 4.31. The SMILES string of the molecule is C=CCCCCCCCCC(=O)OC(=O)CCCCCCCCC=C.[Ca+2].[Ca+2].[H-].[H-].[H-].[H-]. The first-order valence-corrected chi connectivity index (χ1v) is 10.2. The number of rotatable bonds is 18. The summed E-state index contributed by atoms with van der Waals surface area (Å²) in [6, 6.07) is 0. The molecular weight excluding hydrogens is 392 g/mol. The van der Waals surface area contributed by atoms with Crippen molar-refractivity contribution in [2.24, 2.45) is 0 Å². The Labute approximate surface area is 233 Å². The van der Waals surface area contributed by atoms with Gasteiger partial charge in [-0.2, -0.15) is 0 Å². The quantitative estimate of drug-likeness (QED) is 0.0829. The smallest absolute Gasteiger partial charge is 1.00 e. The zero-order valence-electron chi connectivity index (χ0n) is 21.5. The van der Waals surface area contributed by atoms with Crippen LogP contribution in [-0.2, 0) is 14.3 Å². The van der Waals surface area contributed by atoms with Gasteiger partial charge in [0, 0.05) is 12.8 Å². The van der Waals surface area contributed by atoms with E-state index in [0.717, 1.165) is 51.4 Å². The Morgan fingerprint density at radius 3 is 1.22 bits per heavy atom. The van der Waals surface area contributed by atoms with Crippen molar-refractivity contribution in [3.63, 3.8) is 0 Å². The summed E-state index contributed by atoms with van der Waals surface area (Å²) < 4.78 is 4.87. The van der Waals surface area contributed by atoms with E-state index in [1.165, 1.54) is 38.5 Å². The minimum atomic E-state index is -0.360. The van der Waals surface area contributed by atoms with Gasteiger partial charge in [0.15, 0.2) is 0 Å². The van der Waals surface area contributed by atoms with Crippen molar-refractivity contribution >= 4 is 87.4 Å². The second-order valence-electron chi connectivity index (χ2n) is 6.74. The van der Waals surface area contributed by atoms with Gasteiger partial charge in [-0.1, -0.05) is 63.5 Å². The monoisotopic (exact) mass is 434 g/mol. The molecule has 0 aliphatic heterocycles. The van der Waals surface area contributed by atoms with Crippen LogP contribution >= 0.6 is 0 Å². The van der Waals surface area contributed by atoms with Crippen molar-refractivity contribution in [2.75, 3.05) is 0 Å². The molecule has 0 fully saturated rings.